The molecule has 0 atom stereocenters. The van der Waals surface area contributed by atoms with Crippen LogP contribution in [0.1, 0.15) is 18.4 Å². The number of sulfonamides is 1. The third kappa shape index (κ3) is 3.94. The van der Waals surface area contributed by atoms with Crippen molar-refractivity contribution in [1.29, 1.82) is 0 Å². The minimum Gasteiger partial charge on any atom is -0.355 e. The van der Waals surface area contributed by atoms with Crippen LogP contribution in [0.2, 0.25) is 5.02 Å². The van der Waals surface area contributed by atoms with E-state index in [2.05, 4.69) is 10.0 Å². The first-order chi connectivity index (χ1) is 9.40. The summed E-state index contributed by atoms with van der Waals surface area (Å²) < 4.78 is 26.6. The summed E-state index contributed by atoms with van der Waals surface area (Å²) in [6, 6.07) is 4.62. The van der Waals surface area contributed by atoms with E-state index in [0.717, 1.165) is 12.8 Å². The minimum absolute atomic E-state index is 0.00636. The molecule has 2 rings (SSSR count). The smallest absolute Gasteiger partial charge is 0.240 e. The molecule has 1 aromatic carbocycles. The molecular weight excluding hydrogens is 300 g/mol. The first kappa shape index (κ1) is 15.3. The van der Waals surface area contributed by atoms with Gasteiger partial charge >= 0.3 is 0 Å². The van der Waals surface area contributed by atoms with Crippen molar-refractivity contribution in [1.82, 2.24) is 10.0 Å². The van der Waals surface area contributed by atoms with E-state index in [1.54, 1.807) is 13.0 Å². The molecule has 0 heterocycles. The van der Waals surface area contributed by atoms with E-state index >= 15 is 0 Å². The number of aryl methyl sites for hydroxylation is 1. The van der Waals surface area contributed by atoms with Gasteiger partial charge in [-0.25, -0.2) is 13.1 Å². The molecule has 0 radical (unpaired) electrons. The van der Waals surface area contributed by atoms with Crippen molar-refractivity contribution in [3.8, 4) is 0 Å². The molecule has 0 aromatic heterocycles. The van der Waals surface area contributed by atoms with E-state index in [4.69, 9.17) is 11.6 Å². The Hall–Kier alpha value is -1.11. The fourth-order valence-corrected chi connectivity index (χ4v) is 3.34. The van der Waals surface area contributed by atoms with E-state index < -0.39 is 10.0 Å². The lowest BCUT2D eigenvalue weighted by Crippen LogP contribution is -2.35. The van der Waals surface area contributed by atoms with Crippen LogP contribution in [-0.2, 0) is 14.8 Å². The molecule has 1 aliphatic rings. The number of benzene rings is 1. The summed E-state index contributed by atoms with van der Waals surface area (Å²) in [6.45, 7) is 2.15. The van der Waals surface area contributed by atoms with Gasteiger partial charge < -0.3 is 5.32 Å². The molecule has 0 saturated heterocycles. The van der Waals surface area contributed by atoms with Crippen molar-refractivity contribution < 1.29 is 13.2 Å². The molecule has 110 valence electrons. The van der Waals surface area contributed by atoms with Crippen LogP contribution in [0.4, 0.5) is 0 Å². The predicted molar refractivity (Wildman–Crippen MR) is 77.1 cm³/mol. The van der Waals surface area contributed by atoms with Gasteiger partial charge in [0.05, 0.1) is 4.90 Å². The lowest BCUT2D eigenvalue weighted by Gasteiger charge is -2.10. The quantitative estimate of drug-likeness (QED) is 0.780. The molecule has 1 saturated carbocycles. The zero-order valence-electron chi connectivity index (χ0n) is 11.1. The highest BCUT2D eigenvalue weighted by Crippen LogP contribution is 2.28. The topological polar surface area (TPSA) is 75.3 Å². The maximum absolute atomic E-state index is 12.1. The summed E-state index contributed by atoms with van der Waals surface area (Å²) in [5.74, 6) is 0.136. The molecule has 20 heavy (non-hydrogen) atoms. The Bertz CT molecular complexity index is 612. The van der Waals surface area contributed by atoms with Gasteiger partial charge in [0.15, 0.2) is 0 Å². The lowest BCUT2D eigenvalue weighted by molar-refractivity contribution is -0.122. The van der Waals surface area contributed by atoms with Crippen LogP contribution in [0.25, 0.3) is 0 Å². The van der Waals surface area contributed by atoms with Crippen LogP contribution in [0.3, 0.4) is 0 Å². The van der Waals surface area contributed by atoms with Crippen molar-refractivity contribution in [3.05, 3.63) is 28.8 Å². The van der Waals surface area contributed by atoms with E-state index in [1.807, 2.05) is 0 Å². The van der Waals surface area contributed by atoms with Crippen molar-refractivity contribution in [2.45, 2.75) is 24.7 Å². The highest BCUT2D eigenvalue weighted by molar-refractivity contribution is 7.89. The second kappa shape index (κ2) is 6.11. The van der Waals surface area contributed by atoms with Gasteiger partial charge in [-0.05, 0) is 43.5 Å². The van der Waals surface area contributed by atoms with E-state index in [0.29, 0.717) is 17.1 Å². The maximum Gasteiger partial charge on any atom is 0.240 e. The number of rotatable bonds is 6. The summed E-state index contributed by atoms with van der Waals surface area (Å²) in [5, 5.41) is 3.20. The molecule has 1 amide bonds. The Morgan fingerprint density at radius 2 is 2.05 bits per heavy atom. The largest absolute Gasteiger partial charge is 0.355 e. The SMILES string of the molecule is Cc1cc(Cl)ccc1S(=O)(=O)NCCNC(=O)C1CC1. The van der Waals surface area contributed by atoms with Crippen LogP contribution < -0.4 is 10.0 Å². The molecule has 1 aliphatic carbocycles. The van der Waals surface area contributed by atoms with E-state index in [-0.39, 0.29) is 23.3 Å². The van der Waals surface area contributed by atoms with Crippen molar-refractivity contribution >= 4 is 27.5 Å². The molecule has 7 heteroatoms. The summed E-state index contributed by atoms with van der Waals surface area (Å²) in [6.07, 6.45) is 1.86. The van der Waals surface area contributed by atoms with Crippen molar-refractivity contribution in [3.63, 3.8) is 0 Å². The maximum atomic E-state index is 12.1. The number of halogens is 1. The van der Waals surface area contributed by atoms with Gasteiger partial charge in [0.25, 0.3) is 0 Å². The zero-order valence-corrected chi connectivity index (χ0v) is 12.7. The Morgan fingerprint density at radius 3 is 2.65 bits per heavy atom. The molecule has 2 N–H and O–H groups in total. The monoisotopic (exact) mass is 316 g/mol. The highest BCUT2D eigenvalue weighted by Gasteiger charge is 2.29. The molecule has 0 aliphatic heterocycles. The molecule has 1 aromatic rings. The number of hydrogen-bond acceptors (Lipinski definition) is 3. The normalized spacial score (nSPS) is 15.1. The summed E-state index contributed by atoms with van der Waals surface area (Å²) in [5.41, 5.74) is 0.590. The average Bonchev–Trinajstić information content (AvgIpc) is 3.18. The number of carbonyl (C=O) groups excluding carboxylic acids is 1. The summed E-state index contributed by atoms with van der Waals surface area (Å²) in [4.78, 5) is 11.6. The van der Waals surface area contributed by atoms with Gasteiger partial charge in [0.1, 0.15) is 0 Å². The van der Waals surface area contributed by atoms with Crippen LogP contribution in [0, 0.1) is 12.8 Å². The fourth-order valence-electron chi connectivity index (χ4n) is 1.85. The molecule has 0 spiro atoms. The minimum atomic E-state index is -3.57. The molecule has 5 nitrogen and oxygen atoms in total. The third-order valence-electron chi connectivity index (χ3n) is 3.09. The average molecular weight is 317 g/mol. The first-order valence-electron chi connectivity index (χ1n) is 6.44. The first-order valence-corrected chi connectivity index (χ1v) is 8.30. The molecule has 0 bridgehead atoms. The van der Waals surface area contributed by atoms with Gasteiger partial charge in [-0.15, -0.1) is 0 Å². The van der Waals surface area contributed by atoms with Gasteiger partial charge in [0, 0.05) is 24.0 Å². The van der Waals surface area contributed by atoms with E-state index in [9.17, 15) is 13.2 Å². The number of amides is 1. The summed E-state index contributed by atoms with van der Waals surface area (Å²) in [7, 11) is -3.57. The Morgan fingerprint density at radius 1 is 1.35 bits per heavy atom. The fraction of sp³-hybridized carbons (Fsp3) is 0.462. The number of carbonyl (C=O) groups is 1. The Balaban J connectivity index is 1.88. The lowest BCUT2D eigenvalue weighted by atomic mass is 10.2. The predicted octanol–water partition coefficient (Wildman–Crippen LogP) is 1.45. The molecule has 0 unspecified atom stereocenters. The van der Waals surface area contributed by atoms with Gasteiger partial charge in [0.2, 0.25) is 15.9 Å². The molecule has 1 fully saturated rings. The zero-order chi connectivity index (χ0) is 14.8. The third-order valence-corrected chi connectivity index (χ3v) is 4.95. The van der Waals surface area contributed by atoms with Crippen LogP contribution in [-0.4, -0.2) is 27.4 Å². The van der Waals surface area contributed by atoms with Crippen molar-refractivity contribution in [2.24, 2.45) is 5.92 Å². The molecular formula is C13H17ClN2O3S. The van der Waals surface area contributed by atoms with E-state index in [1.165, 1.54) is 12.1 Å². The Labute approximate surface area is 123 Å². The second-order valence-corrected chi connectivity index (χ2v) is 7.04. The highest BCUT2D eigenvalue weighted by atomic mass is 35.5. The summed E-state index contributed by atoms with van der Waals surface area (Å²) >= 11 is 5.80. The Kier molecular flexibility index (Phi) is 4.67. The van der Waals surface area contributed by atoms with Crippen LogP contribution >= 0.6 is 11.6 Å². The number of nitrogens with one attached hydrogen (secondary N) is 2. The van der Waals surface area contributed by atoms with Crippen LogP contribution in [0.15, 0.2) is 23.1 Å². The van der Waals surface area contributed by atoms with Gasteiger partial charge in [-0.3, -0.25) is 4.79 Å². The van der Waals surface area contributed by atoms with Gasteiger partial charge in [-0.1, -0.05) is 11.6 Å². The van der Waals surface area contributed by atoms with Gasteiger partial charge in [-0.2, -0.15) is 0 Å². The van der Waals surface area contributed by atoms with Crippen LogP contribution in [0.5, 0.6) is 0 Å². The number of hydrogen-bond donors (Lipinski definition) is 2. The van der Waals surface area contributed by atoms with Crippen molar-refractivity contribution in [2.75, 3.05) is 13.1 Å². The standard InChI is InChI=1S/C13H17ClN2O3S/c1-9-8-11(14)4-5-12(9)20(18,19)16-7-6-15-13(17)10-2-3-10/h4-5,8,10,16H,2-3,6-7H2,1H3,(H,15,17). The second-order valence-electron chi connectivity index (χ2n) is 4.87.